The van der Waals surface area contributed by atoms with Crippen molar-refractivity contribution in [1.82, 2.24) is 20.4 Å². The Bertz CT molecular complexity index is 392. The summed E-state index contributed by atoms with van der Waals surface area (Å²) >= 11 is 0. The Morgan fingerprint density at radius 3 is 1.67 bits per heavy atom. The number of nitrogens with zero attached hydrogens (tertiary/aromatic N) is 2. The van der Waals surface area contributed by atoms with Gasteiger partial charge < -0.3 is 20.8 Å². The fraction of sp³-hybridized carbons (Fsp3) is 0.857. The van der Waals surface area contributed by atoms with Gasteiger partial charge in [0.25, 0.3) is 0 Å². The second-order valence-electron chi connectivity index (χ2n) is 5.74. The van der Waals surface area contributed by atoms with Crippen molar-refractivity contribution in [1.29, 1.82) is 0 Å². The molecule has 4 N–H and O–H groups in total. The number of hydrogen-bond donors (Lipinski definition) is 4. The highest BCUT2D eigenvalue weighted by atomic mass is 33.1. The summed E-state index contributed by atoms with van der Waals surface area (Å²) in [7, 11) is 3.68. The van der Waals surface area contributed by atoms with Gasteiger partial charge in [-0.15, -0.1) is 0 Å². The standard InChI is InChI=1S/C14H26N4O4S2/c19-7-3-15-11(21)1-5-17-9-13(17)23-24-14-10-18(14)6-2-12(22)16-4-8-20/h13-14,19-20H,1-10H2,(H,15,21)(H,16,22). The average molecular weight is 379 g/mol. The molecule has 2 heterocycles. The lowest BCUT2D eigenvalue weighted by Gasteiger charge is -2.06. The maximum absolute atomic E-state index is 11.4. The summed E-state index contributed by atoms with van der Waals surface area (Å²) in [5.41, 5.74) is 0. The van der Waals surface area contributed by atoms with E-state index in [0.717, 1.165) is 26.2 Å². The summed E-state index contributed by atoms with van der Waals surface area (Å²) in [5.74, 6) is -0.0274. The molecule has 0 aliphatic carbocycles. The van der Waals surface area contributed by atoms with Crippen molar-refractivity contribution < 1.29 is 19.8 Å². The highest BCUT2D eigenvalue weighted by Gasteiger charge is 2.40. The summed E-state index contributed by atoms with van der Waals surface area (Å²) in [6, 6.07) is 0. The number of aliphatic hydroxyl groups is 2. The van der Waals surface area contributed by atoms with E-state index in [1.165, 1.54) is 0 Å². The predicted molar refractivity (Wildman–Crippen MR) is 95.3 cm³/mol. The molecule has 0 saturated carbocycles. The molecule has 10 heteroatoms. The molecule has 2 amide bonds. The summed E-state index contributed by atoms with van der Waals surface area (Å²) in [4.78, 5) is 27.4. The van der Waals surface area contributed by atoms with Gasteiger partial charge in [-0.1, -0.05) is 21.6 Å². The van der Waals surface area contributed by atoms with Crippen LogP contribution in [0, 0.1) is 0 Å². The maximum Gasteiger partial charge on any atom is 0.221 e. The van der Waals surface area contributed by atoms with Crippen LogP contribution in [0.4, 0.5) is 0 Å². The molecule has 2 aliphatic heterocycles. The van der Waals surface area contributed by atoms with E-state index in [2.05, 4.69) is 20.4 Å². The summed E-state index contributed by atoms with van der Waals surface area (Å²) in [6.45, 7) is 4.15. The SMILES string of the molecule is O=C(CCN1CC1SSC1CN1CCC(=O)NCCO)NCCO. The van der Waals surface area contributed by atoms with Crippen LogP contribution in [0.2, 0.25) is 0 Å². The van der Waals surface area contributed by atoms with Gasteiger partial charge in [0.2, 0.25) is 11.8 Å². The first-order valence-corrected chi connectivity index (χ1v) is 10.5. The fourth-order valence-corrected chi connectivity index (χ4v) is 5.23. The number of nitrogens with one attached hydrogen (secondary N) is 2. The topological polar surface area (TPSA) is 105 Å². The van der Waals surface area contributed by atoms with E-state index >= 15 is 0 Å². The minimum atomic E-state index is -0.0223. The summed E-state index contributed by atoms with van der Waals surface area (Å²) in [6.07, 6.45) is 0.945. The molecule has 2 rings (SSSR count). The number of hydrogen-bond acceptors (Lipinski definition) is 8. The molecule has 0 spiro atoms. The zero-order valence-electron chi connectivity index (χ0n) is 13.6. The third-order valence-electron chi connectivity index (χ3n) is 3.73. The Labute approximate surface area is 150 Å². The number of carbonyl (C=O) groups is 2. The van der Waals surface area contributed by atoms with Crippen LogP contribution in [0.25, 0.3) is 0 Å². The van der Waals surface area contributed by atoms with Gasteiger partial charge in [-0.25, -0.2) is 0 Å². The van der Waals surface area contributed by atoms with Crippen LogP contribution >= 0.6 is 21.6 Å². The smallest absolute Gasteiger partial charge is 0.221 e. The van der Waals surface area contributed by atoms with E-state index in [1.807, 2.05) is 21.6 Å². The minimum Gasteiger partial charge on any atom is -0.395 e. The van der Waals surface area contributed by atoms with Crippen LogP contribution in [-0.2, 0) is 9.59 Å². The molecule has 4 atom stereocenters. The van der Waals surface area contributed by atoms with Gasteiger partial charge >= 0.3 is 0 Å². The van der Waals surface area contributed by atoms with Crippen molar-refractivity contribution >= 4 is 33.4 Å². The fourth-order valence-electron chi connectivity index (χ4n) is 2.15. The van der Waals surface area contributed by atoms with Crippen LogP contribution < -0.4 is 10.6 Å². The predicted octanol–water partition coefficient (Wildman–Crippen LogP) is -1.35. The van der Waals surface area contributed by atoms with Gasteiger partial charge in [0.05, 0.1) is 24.0 Å². The number of carbonyl (C=O) groups excluding carboxylic acids is 2. The van der Waals surface area contributed by atoms with Gasteiger partial charge in [-0.05, 0) is 0 Å². The van der Waals surface area contributed by atoms with Crippen molar-refractivity contribution in [2.75, 3.05) is 52.5 Å². The van der Waals surface area contributed by atoms with E-state index in [4.69, 9.17) is 10.2 Å². The molecular weight excluding hydrogens is 352 g/mol. The lowest BCUT2D eigenvalue weighted by molar-refractivity contribution is -0.122. The first-order valence-electron chi connectivity index (χ1n) is 8.19. The van der Waals surface area contributed by atoms with Crippen molar-refractivity contribution in [2.24, 2.45) is 0 Å². The number of aliphatic hydroxyl groups excluding tert-OH is 2. The molecule has 138 valence electrons. The van der Waals surface area contributed by atoms with E-state index in [0.29, 0.717) is 36.7 Å². The molecule has 2 aliphatic rings. The highest BCUT2D eigenvalue weighted by Crippen LogP contribution is 2.45. The lowest BCUT2D eigenvalue weighted by Crippen LogP contribution is -2.28. The second kappa shape index (κ2) is 10.5. The van der Waals surface area contributed by atoms with Crippen LogP contribution in [-0.4, -0.2) is 95.1 Å². The van der Waals surface area contributed by atoms with E-state index < -0.39 is 0 Å². The van der Waals surface area contributed by atoms with Crippen molar-refractivity contribution in [3.8, 4) is 0 Å². The normalized spacial score (nSPS) is 27.6. The molecule has 8 nitrogen and oxygen atoms in total. The van der Waals surface area contributed by atoms with Crippen molar-refractivity contribution in [2.45, 2.75) is 23.6 Å². The third kappa shape index (κ3) is 7.58. The molecular formula is C14H26N4O4S2. The first-order chi connectivity index (χ1) is 11.6. The molecule has 24 heavy (non-hydrogen) atoms. The van der Waals surface area contributed by atoms with E-state index in [9.17, 15) is 9.59 Å². The van der Waals surface area contributed by atoms with Crippen molar-refractivity contribution in [3.05, 3.63) is 0 Å². The lowest BCUT2D eigenvalue weighted by atomic mass is 10.4. The number of rotatable bonds is 13. The van der Waals surface area contributed by atoms with Gasteiger partial charge in [-0.3, -0.25) is 19.4 Å². The van der Waals surface area contributed by atoms with Crippen LogP contribution in [0.5, 0.6) is 0 Å². The van der Waals surface area contributed by atoms with Gasteiger partial charge in [0, 0.05) is 52.1 Å². The van der Waals surface area contributed by atoms with E-state index in [-0.39, 0.29) is 25.0 Å². The molecule has 2 fully saturated rings. The molecule has 0 aromatic rings. The minimum absolute atomic E-state index is 0.0137. The Balaban J connectivity index is 1.44. The average Bonchev–Trinajstić information content (AvgIpc) is 3.48. The Hall–Kier alpha value is -0.520. The monoisotopic (exact) mass is 378 g/mol. The molecule has 4 unspecified atom stereocenters. The van der Waals surface area contributed by atoms with Crippen LogP contribution in [0.3, 0.4) is 0 Å². The highest BCUT2D eigenvalue weighted by molar-refractivity contribution is 8.77. The zero-order valence-corrected chi connectivity index (χ0v) is 15.3. The maximum atomic E-state index is 11.4. The van der Waals surface area contributed by atoms with Gasteiger partial charge in [-0.2, -0.15) is 0 Å². The zero-order chi connectivity index (χ0) is 17.4. The molecule has 0 aromatic carbocycles. The van der Waals surface area contributed by atoms with Gasteiger partial charge in [0.15, 0.2) is 0 Å². The van der Waals surface area contributed by atoms with E-state index in [1.54, 1.807) is 0 Å². The quantitative estimate of drug-likeness (QED) is 0.230. The summed E-state index contributed by atoms with van der Waals surface area (Å²) < 4.78 is 0. The number of amides is 2. The van der Waals surface area contributed by atoms with Crippen LogP contribution in [0.15, 0.2) is 0 Å². The molecule has 2 saturated heterocycles. The largest absolute Gasteiger partial charge is 0.395 e. The Kier molecular flexibility index (Phi) is 8.63. The van der Waals surface area contributed by atoms with Crippen molar-refractivity contribution in [3.63, 3.8) is 0 Å². The molecule has 0 aromatic heterocycles. The Morgan fingerprint density at radius 2 is 1.29 bits per heavy atom. The molecule has 0 bridgehead atoms. The van der Waals surface area contributed by atoms with Gasteiger partial charge in [0.1, 0.15) is 0 Å². The first kappa shape index (κ1) is 19.8. The molecule has 0 radical (unpaired) electrons. The second-order valence-corrected chi connectivity index (χ2v) is 8.37. The Morgan fingerprint density at radius 1 is 0.875 bits per heavy atom. The third-order valence-corrected chi connectivity index (χ3v) is 6.84. The van der Waals surface area contributed by atoms with Crippen LogP contribution in [0.1, 0.15) is 12.8 Å². The summed E-state index contributed by atoms with van der Waals surface area (Å²) in [5, 5.41) is 23.5.